The van der Waals surface area contributed by atoms with Gasteiger partial charge in [0.15, 0.2) is 0 Å². The van der Waals surface area contributed by atoms with Crippen LogP contribution in [0.1, 0.15) is 43.7 Å². The molecule has 0 amide bonds. The van der Waals surface area contributed by atoms with Gasteiger partial charge in [0.1, 0.15) is 0 Å². The lowest BCUT2D eigenvalue weighted by atomic mass is 9.82. The molecule has 1 fully saturated rings. The van der Waals surface area contributed by atoms with Gasteiger partial charge in [0.25, 0.3) is 0 Å². The summed E-state index contributed by atoms with van der Waals surface area (Å²) < 4.78 is 0. The van der Waals surface area contributed by atoms with Crippen molar-refractivity contribution in [3.8, 4) is 0 Å². The molecule has 0 spiro atoms. The fourth-order valence-electron chi connectivity index (χ4n) is 3.54. The summed E-state index contributed by atoms with van der Waals surface area (Å²) in [5.74, 6) is -0.141. The molecule has 2 nitrogen and oxygen atoms in total. The number of benzene rings is 1. The van der Waals surface area contributed by atoms with E-state index in [1.165, 1.54) is 35.3 Å². The van der Waals surface area contributed by atoms with Gasteiger partial charge in [0.2, 0.25) is 0 Å². The van der Waals surface area contributed by atoms with Gasteiger partial charge >= 0.3 is 5.97 Å². The normalized spacial score (nSPS) is 29.1. The Morgan fingerprint density at radius 2 is 2.05 bits per heavy atom. The van der Waals surface area contributed by atoms with E-state index in [4.69, 9.17) is 0 Å². The molecule has 1 aromatic carbocycles. The first-order valence-electron chi connectivity index (χ1n) is 7.65. The smallest absolute Gasteiger partial charge is 0.307 e. The first-order valence-corrected chi connectivity index (χ1v) is 8.52. The van der Waals surface area contributed by atoms with Crippen LogP contribution in [0.5, 0.6) is 0 Å². The largest absolute Gasteiger partial charge is 0.481 e. The summed E-state index contributed by atoms with van der Waals surface area (Å²) in [4.78, 5) is 12.7. The fraction of sp³-hybridized carbons (Fsp3) is 0.588. The van der Waals surface area contributed by atoms with Crippen LogP contribution in [0.4, 0.5) is 0 Å². The van der Waals surface area contributed by atoms with Crippen molar-refractivity contribution >= 4 is 17.7 Å². The van der Waals surface area contributed by atoms with Gasteiger partial charge in [0, 0.05) is 10.1 Å². The zero-order valence-electron chi connectivity index (χ0n) is 12.0. The second-order valence-electron chi connectivity index (χ2n) is 6.30. The summed E-state index contributed by atoms with van der Waals surface area (Å²) >= 11 is 1.79. The van der Waals surface area contributed by atoms with Crippen molar-refractivity contribution in [1.29, 1.82) is 0 Å². The SMILES string of the molecule is CC1CCC(C(=O)O)C(Sc2ccc3c(c2)CCC3)C1. The summed E-state index contributed by atoms with van der Waals surface area (Å²) in [6, 6.07) is 6.73. The Bertz CT molecular complexity index is 512. The molecule has 3 unspecified atom stereocenters. The lowest BCUT2D eigenvalue weighted by Crippen LogP contribution is -2.32. The highest BCUT2D eigenvalue weighted by Gasteiger charge is 2.34. The van der Waals surface area contributed by atoms with Crippen molar-refractivity contribution in [3.63, 3.8) is 0 Å². The highest BCUT2D eigenvalue weighted by Crippen LogP contribution is 2.40. The minimum atomic E-state index is -0.615. The molecule has 0 aromatic heterocycles. The maximum absolute atomic E-state index is 11.4. The summed E-state index contributed by atoms with van der Waals surface area (Å²) in [5.41, 5.74) is 2.96. The predicted molar refractivity (Wildman–Crippen MR) is 82.3 cm³/mol. The standard InChI is InChI=1S/C17H22O2S/c1-11-5-8-15(17(18)19)16(9-11)20-14-7-6-12-3-2-4-13(12)10-14/h6-7,10-11,15-16H,2-5,8-9H2,1H3,(H,18,19). The van der Waals surface area contributed by atoms with Crippen LogP contribution in [0.25, 0.3) is 0 Å². The number of carbonyl (C=O) groups is 1. The van der Waals surface area contributed by atoms with Crippen LogP contribution in [0.15, 0.2) is 23.1 Å². The molecule has 2 aliphatic carbocycles. The molecule has 20 heavy (non-hydrogen) atoms. The van der Waals surface area contributed by atoms with Crippen LogP contribution in [-0.4, -0.2) is 16.3 Å². The molecule has 2 aliphatic rings. The number of rotatable bonds is 3. The number of fused-ring (bicyclic) bond motifs is 1. The zero-order valence-corrected chi connectivity index (χ0v) is 12.8. The zero-order chi connectivity index (χ0) is 14.1. The molecule has 0 aliphatic heterocycles. The van der Waals surface area contributed by atoms with E-state index in [-0.39, 0.29) is 11.2 Å². The highest BCUT2D eigenvalue weighted by molar-refractivity contribution is 8.00. The van der Waals surface area contributed by atoms with Gasteiger partial charge in [0.05, 0.1) is 5.92 Å². The van der Waals surface area contributed by atoms with Gasteiger partial charge in [-0.3, -0.25) is 4.79 Å². The second-order valence-corrected chi connectivity index (χ2v) is 7.62. The number of hydrogen-bond donors (Lipinski definition) is 1. The Labute approximate surface area is 125 Å². The number of hydrogen-bond acceptors (Lipinski definition) is 2. The van der Waals surface area contributed by atoms with E-state index in [2.05, 4.69) is 25.1 Å². The van der Waals surface area contributed by atoms with Crippen molar-refractivity contribution in [2.24, 2.45) is 11.8 Å². The molecule has 3 rings (SSSR count). The number of thioether (sulfide) groups is 1. The molecular weight excluding hydrogens is 268 g/mol. The average Bonchev–Trinajstić information content (AvgIpc) is 2.85. The fourth-order valence-corrected chi connectivity index (χ4v) is 5.09. The Hall–Kier alpha value is -0.960. The first-order chi connectivity index (χ1) is 9.63. The quantitative estimate of drug-likeness (QED) is 0.908. The molecule has 0 heterocycles. The number of aryl methyl sites for hydroxylation is 2. The molecule has 108 valence electrons. The Kier molecular flexibility index (Phi) is 4.06. The summed E-state index contributed by atoms with van der Waals surface area (Å²) in [7, 11) is 0. The van der Waals surface area contributed by atoms with E-state index in [0.717, 1.165) is 19.3 Å². The monoisotopic (exact) mass is 290 g/mol. The van der Waals surface area contributed by atoms with Crippen LogP contribution < -0.4 is 0 Å². The van der Waals surface area contributed by atoms with E-state index in [0.29, 0.717) is 5.92 Å². The lowest BCUT2D eigenvalue weighted by Gasteiger charge is -2.32. The highest BCUT2D eigenvalue weighted by atomic mass is 32.2. The van der Waals surface area contributed by atoms with Crippen molar-refractivity contribution in [1.82, 2.24) is 0 Å². The van der Waals surface area contributed by atoms with Gasteiger partial charge in [-0.15, -0.1) is 11.8 Å². The van der Waals surface area contributed by atoms with Crippen LogP contribution in [0.2, 0.25) is 0 Å². The van der Waals surface area contributed by atoms with Crippen LogP contribution in [-0.2, 0) is 17.6 Å². The van der Waals surface area contributed by atoms with Gasteiger partial charge < -0.3 is 5.11 Å². The van der Waals surface area contributed by atoms with E-state index in [9.17, 15) is 9.90 Å². The molecule has 0 saturated heterocycles. The summed E-state index contributed by atoms with van der Waals surface area (Å²) in [6.07, 6.45) is 6.57. The lowest BCUT2D eigenvalue weighted by molar-refractivity contribution is -0.142. The third-order valence-electron chi connectivity index (χ3n) is 4.73. The topological polar surface area (TPSA) is 37.3 Å². The predicted octanol–water partition coefficient (Wildman–Crippen LogP) is 4.16. The molecule has 3 heteroatoms. The Balaban J connectivity index is 1.76. The van der Waals surface area contributed by atoms with E-state index in [1.54, 1.807) is 11.8 Å². The number of aliphatic carboxylic acids is 1. The first kappa shape index (κ1) is 14.0. The van der Waals surface area contributed by atoms with Gasteiger partial charge in [-0.2, -0.15) is 0 Å². The van der Waals surface area contributed by atoms with Crippen molar-refractivity contribution in [3.05, 3.63) is 29.3 Å². The van der Waals surface area contributed by atoms with E-state index < -0.39 is 5.97 Å². The van der Waals surface area contributed by atoms with Crippen molar-refractivity contribution < 1.29 is 9.90 Å². The van der Waals surface area contributed by atoms with E-state index >= 15 is 0 Å². The Morgan fingerprint density at radius 1 is 1.25 bits per heavy atom. The van der Waals surface area contributed by atoms with Gasteiger partial charge in [-0.05, 0) is 67.7 Å². The second kappa shape index (κ2) is 5.80. The number of carboxylic acid groups (broad SMARTS) is 1. The molecule has 1 N–H and O–H groups in total. The molecule has 3 atom stereocenters. The van der Waals surface area contributed by atoms with E-state index in [1.807, 2.05) is 0 Å². The minimum Gasteiger partial charge on any atom is -0.481 e. The molecule has 0 radical (unpaired) electrons. The average molecular weight is 290 g/mol. The summed E-state index contributed by atoms with van der Waals surface area (Å²) in [5, 5.41) is 9.65. The van der Waals surface area contributed by atoms with Gasteiger partial charge in [-0.25, -0.2) is 0 Å². The third kappa shape index (κ3) is 2.88. The Morgan fingerprint density at radius 3 is 2.85 bits per heavy atom. The van der Waals surface area contributed by atoms with Crippen LogP contribution in [0.3, 0.4) is 0 Å². The van der Waals surface area contributed by atoms with Crippen LogP contribution in [0, 0.1) is 11.8 Å². The molecule has 1 aromatic rings. The molecule has 1 saturated carbocycles. The minimum absolute atomic E-state index is 0.176. The van der Waals surface area contributed by atoms with Crippen molar-refractivity contribution in [2.45, 2.75) is 55.6 Å². The molecular formula is C17H22O2S. The van der Waals surface area contributed by atoms with Crippen LogP contribution >= 0.6 is 11.8 Å². The number of carboxylic acids is 1. The van der Waals surface area contributed by atoms with Crippen molar-refractivity contribution in [2.75, 3.05) is 0 Å². The molecule has 0 bridgehead atoms. The van der Waals surface area contributed by atoms with Gasteiger partial charge in [-0.1, -0.05) is 13.0 Å². The third-order valence-corrected chi connectivity index (χ3v) is 6.08. The maximum Gasteiger partial charge on any atom is 0.307 e. The maximum atomic E-state index is 11.4. The summed E-state index contributed by atoms with van der Waals surface area (Å²) in [6.45, 7) is 2.24.